The number of halogens is 1. The van der Waals surface area contributed by atoms with E-state index in [0.29, 0.717) is 18.8 Å². The molecule has 0 aromatic carbocycles. The number of amides is 2. The van der Waals surface area contributed by atoms with Gasteiger partial charge in [-0.05, 0) is 0 Å². The van der Waals surface area contributed by atoms with Gasteiger partial charge in [-0.25, -0.2) is 9.48 Å². The Kier molecular flexibility index (Phi) is 6.26. The first kappa shape index (κ1) is 16.3. The molecule has 1 heterocycles. The number of rotatable bonds is 6. The van der Waals surface area contributed by atoms with Crippen molar-refractivity contribution in [2.75, 3.05) is 39.1 Å². The monoisotopic (exact) mass is 303 g/mol. The summed E-state index contributed by atoms with van der Waals surface area (Å²) in [6.45, 7) is 0.696. The first-order valence-electron chi connectivity index (χ1n) is 6.03. The van der Waals surface area contributed by atoms with Gasteiger partial charge in [-0.3, -0.25) is 4.79 Å². The van der Waals surface area contributed by atoms with Gasteiger partial charge in [0.25, 0.3) is 5.56 Å². The lowest BCUT2D eigenvalue weighted by Gasteiger charge is -2.13. The number of aliphatic hydroxyl groups excluding tert-OH is 1. The molecule has 0 radical (unpaired) electrons. The molecular formula is C11H18ClN5O3. The topological polar surface area (TPSA) is 99.5 Å². The smallest absolute Gasteiger partial charge is 0.316 e. The SMILES string of the molecule is CN(C)C(=O)NCCNc1cnn(CCO)c(=O)c1Cl. The first-order valence-corrected chi connectivity index (χ1v) is 6.40. The van der Waals surface area contributed by atoms with Crippen molar-refractivity contribution < 1.29 is 9.90 Å². The van der Waals surface area contributed by atoms with E-state index in [4.69, 9.17) is 16.7 Å². The number of carbonyl (C=O) groups excluding carboxylic acids is 1. The Morgan fingerprint density at radius 1 is 1.50 bits per heavy atom. The van der Waals surface area contributed by atoms with Crippen LogP contribution in [0.15, 0.2) is 11.0 Å². The minimum absolute atomic E-state index is 0.00684. The molecule has 1 aromatic rings. The molecule has 0 aliphatic heterocycles. The Balaban J connectivity index is 2.55. The molecule has 1 aromatic heterocycles. The number of hydrogen-bond acceptors (Lipinski definition) is 5. The lowest BCUT2D eigenvalue weighted by Crippen LogP contribution is -2.37. The predicted molar refractivity (Wildman–Crippen MR) is 76.2 cm³/mol. The maximum Gasteiger partial charge on any atom is 0.316 e. The molecule has 0 aliphatic carbocycles. The number of aromatic nitrogens is 2. The van der Waals surface area contributed by atoms with Gasteiger partial charge in [-0.2, -0.15) is 5.10 Å². The molecular weight excluding hydrogens is 286 g/mol. The van der Waals surface area contributed by atoms with Gasteiger partial charge in [0.15, 0.2) is 0 Å². The van der Waals surface area contributed by atoms with E-state index in [2.05, 4.69) is 15.7 Å². The largest absolute Gasteiger partial charge is 0.394 e. The van der Waals surface area contributed by atoms with Gasteiger partial charge >= 0.3 is 6.03 Å². The van der Waals surface area contributed by atoms with Crippen molar-refractivity contribution in [2.24, 2.45) is 0 Å². The Hall–Kier alpha value is -1.80. The van der Waals surface area contributed by atoms with Gasteiger partial charge in [0.05, 0.1) is 25.0 Å². The summed E-state index contributed by atoms with van der Waals surface area (Å²) in [6.07, 6.45) is 1.41. The van der Waals surface area contributed by atoms with Crippen molar-refractivity contribution in [2.45, 2.75) is 6.54 Å². The van der Waals surface area contributed by atoms with Crippen LogP contribution in [0.3, 0.4) is 0 Å². The van der Waals surface area contributed by atoms with Crippen LogP contribution in [0.2, 0.25) is 5.02 Å². The van der Waals surface area contributed by atoms with Crippen LogP contribution in [0.1, 0.15) is 0 Å². The fraction of sp³-hybridized carbons (Fsp3) is 0.545. The van der Waals surface area contributed by atoms with Gasteiger partial charge in [0, 0.05) is 27.2 Å². The zero-order valence-electron chi connectivity index (χ0n) is 11.4. The number of nitrogens with one attached hydrogen (secondary N) is 2. The second-order valence-corrected chi connectivity index (χ2v) is 4.56. The lowest BCUT2D eigenvalue weighted by molar-refractivity contribution is 0.218. The third-order valence-electron chi connectivity index (χ3n) is 2.42. The van der Waals surface area contributed by atoms with Crippen molar-refractivity contribution in [1.29, 1.82) is 0 Å². The zero-order chi connectivity index (χ0) is 15.1. The molecule has 0 saturated carbocycles. The lowest BCUT2D eigenvalue weighted by atomic mass is 10.4. The number of hydrogen-bond donors (Lipinski definition) is 3. The van der Waals surface area contributed by atoms with E-state index in [1.54, 1.807) is 14.1 Å². The van der Waals surface area contributed by atoms with Crippen molar-refractivity contribution in [1.82, 2.24) is 20.0 Å². The molecule has 0 bridgehead atoms. The number of aliphatic hydroxyl groups is 1. The van der Waals surface area contributed by atoms with Gasteiger partial charge in [-0.15, -0.1) is 0 Å². The summed E-state index contributed by atoms with van der Waals surface area (Å²) in [5.41, 5.74) is -0.0759. The van der Waals surface area contributed by atoms with Crippen molar-refractivity contribution in [3.05, 3.63) is 21.6 Å². The molecule has 2 amide bonds. The fourth-order valence-corrected chi connectivity index (χ4v) is 1.58. The van der Waals surface area contributed by atoms with Crippen molar-refractivity contribution >= 4 is 23.3 Å². The standard InChI is InChI=1S/C11H18ClN5O3/c1-16(2)11(20)14-4-3-13-8-7-15-17(5-6-18)10(19)9(8)12/h7,13,18H,3-6H2,1-2H3,(H,14,20). The molecule has 112 valence electrons. The summed E-state index contributed by atoms with van der Waals surface area (Å²) >= 11 is 5.91. The van der Waals surface area contributed by atoms with Crippen molar-refractivity contribution in [3.8, 4) is 0 Å². The molecule has 8 nitrogen and oxygen atoms in total. The number of anilines is 1. The summed E-state index contributed by atoms with van der Waals surface area (Å²) in [7, 11) is 3.29. The number of urea groups is 1. The summed E-state index contributed by atoms with van der Waals surface area (Å²) in [5.74, 6) is 0. The number of carbonyl (C=O) groups is 1. The second-order valence-electron chi connectivity index (χ2n) is 4.18. The van der Waals surface area contributed by atoms with E-state index in [-0.39, 0.29) is 24.2 Å². The van der Waals surface area contributed by atoms with Crippen LogP contribution in [-0.2, 0) is 6.54 Å². The Labute approximate surface area is 121 Å². The first-order chi connectivity index (χ1) is 9.47. The molecule has 9 heteroatoms. The second kappa shape index (κ2) is 7.71. The van der Waals surface area contributed by atoms with Crippen molar-refractivity contribution in [3.63, 3.8) is 0 Å². The molecule has 0 aliphatic rings. The molecule has 0 unspecified atom stereocenters. The van der Waals surface area contributed by atoms with Crippen LogP contribution in [0.5, 0.6) is 0 Å². The maximum absolute atomic E-state index is 11.8. The van der Waals surface area contributed by atoms with Gasteiger partial charge in [-0.1, -0.05) is 11.6 Å². The predicted octanol–water partition coefficient (Wildman–Crippen LogP) is -0.428. The van der Waals surface area contributed by atoms with Crippen LogP contribution in [0.25, 0.3) is 0 Å². The number of nitrogens with zero attached hydrogens (tertiary/aromatic N) is 3. The average molecular weight is 304 g/mol. The highest BCUT2D eigenvalue weighted by atomic mass is 35.5. The van der Waals surface area contributed by atoms with Crippen LogP contribution < -0.4 is 16.2 Å². The normalized spacial score (nSPS) is 10.2. The minimum Gasteiger partial charge on any atom is -0.394 e. The molecule has 0 saturated heterocycles. The molecule has 20 heavy (non-hydrogen) atoms. The molecule has 3 N–H and O–H groups in total. The van der Waals surface area contributed by atoms with E-state index in [0.717, 1.165) is 4.68 Å². The quantitative estimate of drug-likeness (QED) is 0.619. The van der Waals surface area contributed by atoms with E-state index in [9.17, 15) is 9.59 Å². The third-order valence-corrected chi connectivity index (χ3v) is 2.78. The van der Waals surface area contributed by atoms with Crippen LogP contribution in [0.4, 0.5) is 10.5 Å². The van der Waals surface area contributed by atoms with Gasteiger partial charge < -0.3 is 20.6 Å². The zero-order valence-corrected chi connectivity index (χ0v) is 12.1. The molecule has 1 rings (SSSR count). The average Bonchev–Trinajstić information content (AvgIpc) is 2.41. The van der Waals surface area contributed by atoms with Crippen LogP contribution >= 0.6 is 11.6 Å². The van der Waals surface area contributed by atoms with E-state index in [1.165, 1.54) is 11.1 Å². The third kappa shape index (κ3) is 4.39. The van der Waals surface area contributed by atoms with E-state index in [1.807, 2.05) is 0 Å². The highest BCUT2D eigenvalue weighted by Gasteiger charge is 2.08. The summed E-state index contributed by atoms with van der Waals surface area (Å²) in [4.78, 5) is 24.4. The van der Waals surface area contributed by atoms with Gasteiger partial charge in [0.1, 0.15) is 5.02 Å². The molecule has 0 atom stereocenters. The summed E-state index contributed by atoms with van der Waals surface area (Å²) in [6, 6.07) is -0.200. The Morgan fingerprint density at radius 3 is 2.80 bits per heavy atom. The molecule has 0 spiro atoms. The highest BCUT2D eigenvalue weighted by Crippen LogP contribution is 2.14. The van der Waals surface area contributed by atoms with E-state index < -0.39 is 5.56 Å². The summed E-state index contributed by atoms with van der Waals surface area (Å²) < 4.78 is 1.08. The van der Waals surface area contributed by atoms with Gasteiger partial charge in [0.2, 0.25) is 0 Å². The van der Waals surface area contributed by atoms with Crippen LogP contribution in [-0.4, -0.2) is 59.6 Å². The van der Waals surface area contributed by atoms with Crippen LogP contribution in [0, 0.1) is 0 Å². The minimum atomic E-state index is -0.469. The van der Waals surface area contributed by atoms with E-state index >= 15 is 0 Å². The molecule has 0 fully saturated rings. The maximum atomic E-state index is 11.8. The Morgan fingerprint density at radius 2 is 2.20 bits per heavy atom. The summed E-state index contributed by atoms with van der Waals surface area (Å²) in [5, 5.41) is 18.2. The fourth-order valence-electron chi connectivity index (χ4n) is 1.37. The highest BCUT2D eigenvalue weighted by molar-refractivity contribution is 6.32. The Bertz CT molecular complexity index is 517.